The Labute approximate surface area is 120 Å². The van der Waals surface area contributed by atoms with E-state index in [2.05, 4.69) is 20.8 Å². The molecule has 4 heteroatoms. The number of ether oxygens (including phenoxy) is 2. The molecule has 1 fully saturated rings. The van der Waals surface area contributed by atoms with Gasteiger partial charge in [-0.15, -0.1) is 0 Å². The summed E-state index contributed by atoms with van der Waals surface area (Å²) in [6.07, 6.45) is 3.11. The molecule has 1 aliphatic carbocycles. The second-order valence-corrected chi connectivity index (χ2v) is 6.68. The number of hydrogen-bond donors (Lipinski definition) is 1. The van der Waals surface area contributed by atoms with E-state index in [-0.39, 0.29) is 23.0 Å². The second-order valence-electron chi connectivity index (χ2n) is 6.68. The first-order valence-electron chi connectivity index (χ1n) is 7.10. The summed E-state index contributed by atoms with van der Waals surface area (Å²) in [7, 11) is 1.51. The molecule has 3 nitrogen and oxygen atoms in total. The average Bonchev–Trinajstić information content (AvgIpc) is 2.30. The number of nitrogens with two attached hydrogens (primary N) is 1. The monoisotopic (exact) mass is 281 g/mol. The van der Waals surface area contributed by atoms with E-state index in [0.717, 1.165) is 12.8 Å². The lowest BCUT2D eigenvalue weighted by Gasteiger charge is -2.38. The molecule has 0 radical (unpaired) electrons. The van der Waals surface area contributed by atoms with Gasteiger partial charge in [-0.05, 0) is 30.6 Å². The normalized spacial score (nSPS) is 25.2. The maximum Gasteiger partial charge on any atom is 0.167 e. The molecule has 2 atom stereocenters. The van der Waals surface area contributed by atoms with Crippen LogP contribution in [0.2, 0.25) is 0 Å². The van der Waals surface area contributed by atoms with Crippen molar-refractivity contribution in [2.45, 2.75) is 46.1 Å². The summed E-state index contributed by atoms with van der Waals surface area (Å²) in [4.78, 5) is 0. The number of halogens is 1. The third-order valence-corrected chi connectivity index (χ3v) is 3.92. The smallest absolute Gasteiger partial charge is 0.167 e. The van der Waals surface area contributed by atoms with Crippen molar-refractivity contribution in [1.29, 1.82) is 0 Å². The highest BCUT2D eigenvalue weighted by Gasteiger charge is 2.33. The highest BCUT2D eigenvalue weighted by Crippen LogP contribution is 2.41. The van der Waals surface area contributed by atoms with Crippen LogP contribution in [0, 0.1) is 17.2 Å². The maximum atomic E-state index is 14.0. The SMILES string of the molecule is COc1cc(OC2CC(C)CC(C)(C)C2)c(F)cc1N. The summed E-state index contributed by atoms with van der Waals surface area (Å²) in [5, 5.41) is 0. The van der Waals surface area contributed by atoms with Crippen molar-refractivity contribution in [2.24, 2.45) is 11.3 Å². The topological polar surface area (TPSA) is 44.5 Å². The van der Waals surface area contributed by atoms with E-state index < -0.39 is 5.82 Å². The van der Waals surface area contributed by atoms with E-state index in [9.17, 15) is 4.39 Å². The largest absolute Gasteiger partial charge is 0.494 e. The van der Waals surface area contributed by atoms with Crippen LogP contribution < -0.4 is 15.2 Å². The minimum absolute atomic E-state index is 0.0385. The summed E-state index contributed by atoms with van der Waals surface area (Å²) in [6, 6.07) is 2.79. The lowest BCUT2D eigenvalue weighted by atomic mass is 9.71. The van der Waals surface area contributed by atoms with Crippen LogP contribution in [0.5, 0.6) is 11.5 Å². The Hall–Kier alpha value is -1.45. The van der Waals surface area contributed by atoms with Gasteiger partial charge >= 0.3 is 0 Å². The molecule has 20 heavy (non-hydrogen) atoms. The molecule has 1 saturated carbocycles. The first kappa shape index (κ1) is 14.9. The van der Waals surface area contributed by atoms with Gasteiger partial charge in [0.15, 0.2) is 11.6 Å². The zero-order chi connectivity index (χ0) is 14.9. The Kier molecular flexibility index (Phi) is 4.11. The molecular formula is C16H24FNO2. The fraction of sp³-hybridized carbons (Fsp3) is 0.625. The summed E-state index contributed by atoms with van der Waals surface area (Å²) in [5.41, 5.74) is 6.20. The maximum absolute atomic E-state index is 14.0. The molecule has 0 aliphatic heterocycles. The third kappa shape index (κ3) is 3.35. The van der Waals surface area contributed by atoms with Gasteiger partial charge in [0.05, 0.1) is 18.9 Å². The summed E-state index contributed by atoms with van der Waals surface area (Å²) < 4.78 is 25.0. The first-order chi connectivity index (χ1) is 9.30. The highest BCUT2D eigenvalue weighted by atomic mass is 19.1. The lowest BCUT2D eigenvalue weighted by molar-refractivity contribution is 0.0535. The van der Waals surface area contributed by atoms with Crippen molar-refractivity contribution < 1.29 is 13.9 Å². The Morgan fingerprint density at radius 1 is 1.25 bits per heavy atom. The Balaban J connectivity index is 2.17. The predicted octanol–water partition coefficient (Wildman–Crippen LogP) is 4.01. The number of benzene rings is 1. The summed E-state index contributed by atoms with van der Waals surface area (Å²) in [6.45, 7) is 6.69. The second kappa shape index (κ2) is 5.51. The number of anilines is 1. The van der Waals surface area contributed by atoms with Crippen LogP contribution in [0.4, 0.5) is 10.1 Å². The van der Waals surface area contributed by atoms with Crippen LogP contribution in [0.3, 0.4) is 0 Å². The first-order valence-corrected chi connectivity index (χ1v) is 7.10. The molecule has 112 valence electrons. The molecule has 0 amide bonds. The Morgan fingerprint density at radius 3 is 2.55 bits per heavy atom. The van der Waals surface area contributed by atoms with Gasteiger partial charge in [-0.1, -0.05) is 20.8 Å². The highest BCUT2D eigenvalue weighted by molar-refractivity contribution is 5.56. The van der Waals surface area contributed by atoms with Crippen molar-refractivity contribution in [3.05, 3.63) is 17.9 Å². The lowest BCUT2D eigenvalue weighted by Crippen LogP contribution is -2.34. The molecule has 0 spiro atoms. The van der Waals surface area contributed by atoms with Gasteiger partial charge in [-0.3, -0.25) is 0 Å². The van der Waals surface area contributed by atoms with Crippen LogP contribution in [-0.4, -0.2) is 13.2 Å². The van der Waals surface area contributed by atoms with Crippen LogP contribution in [0.15, 0.2) is 12.1 Å². The molecule has 0 saturated heterocycles. The number of hydrogen-bond acceptors (Lipinski definition) is 3. The third-order valence-electron chi connectivity index (χ3n) is 3.92. The van der Waals surface area contributed by atoms with Crippen LogP contribution in [0.1, 0.15) is 40.0 Å². The Morgan fingerprint density at radius 2 is 1.95 bits per heavy atom. The number of nitrogen functional groups attached to an aromatic ring is 1. The fourth-order valence-electron chi connectivity index (χ4n) is 3.34. The van der Waals surface area contributed by atoms with E-state index >= 15 is 0 Å². The number of methoxy groups -OCH3 is 1. The summed E-state index contributed by atoms with van der Waals surface area (Å²) >= 11 is 0. The Bertz CT molecular complexity index is 488. The van der Waals surface area contributed by atoms with Crippen LogP contribution >= 0.6 is 0 Å². The van der Waals surface area contributed by atoms with E-state index in [1.165, 1.54) is 25.7 Å². The standard InChI is InChI=1S/C16H24FNO2/c1-10-5-11(9-16(2,3)8-10)20-14-7-15(19-4)13(18)6-12(14)17/h6-7,10-11H,5,8-9,18H2,1-4H3. The van der Waals surface area contributed by atoms with Crippen molar-refractivity contribution in [2.75, 3.05) is 12.8 Å². The van der Waals surface area contributed by atoms with Gasteiger partial charge < -0.3 is 15.2 Å². The predicted molar refractivity (Wildman–Crippen MR) is 78.6 cm³/mol. The quantitative estimate of drug-likeness (QED) is 0.851. The molecule has 1 aliphatic rings. The van der Waals surface area contributed by atoms with Crippen LogP contribution in [-0.2, 0) is 0 Å². The van der Waals surface area contributed by atoms with Gasteiger partial charge in [0.1, 0.15) is 5.75 Å². The van der Waals surface area contributed by atoms with E-state index in [0.29, 0.717) is 11.7 Å². The molecule has 1 aromatic carbocycles. The molecule has 1 aromatic rings. The van der Waals surface area contributed by atoms with Gasteiger partial charge in [0.25, 0.3) is 0 Å². The van der Waals surface area contributed by atoms with Gasteiger partial charge in [-0.2, -0.15) is 0 Å². The molecule has 2 unspecified atom stereocenters. The fourth-order valence-corrected chi connectivity index (χ4v) is 3.34. The van der Waals surface area contributed by atoms with Gasteiger partial charge in [0.2, 0.25) is 0 Å². The molecule has 0 aromatic heterocycles. The van der Waals surface area contributed by atoms with E-state index in [1.807, 2.05) is 0 Å². The molecule has 0 heterocycles. The van der Waals surface area contributed by atoms with Gasteiger partial charge in [0, 0.05) is 12.1 Å². The minimum Gasteiger partial charge on any atom is -0.494 e. The van der Waals surface area contributed by atoms with E-state index in [4.69, 9.17) is 15.2 Å². The average molecular weight is 281 g/mol. The number of rotatable bonds is 3. The van der Waals surface area contributed by atoms with Crippen molar-refractivity contribution in [1.82, 2.24) is 0 Å². The van der Waals surface area contributed by atoms with E-state index in [1.54, 1.807) is 0 Å². The van der Waals surface area contributed by atoms with Crippen molar-refractivity contribution in [3.63, 3.8) is 0 Å². The minimum atomic E-state index is -0.431. The van der Waals surface area contributed by atoms with Crippen LogP contribution in [0.25, 0.3) is 0 Å². The zero-order valence-electron chi connectivity index (χ0n) is 12.7. The van der Waals surface area contributed by atoms with Crippen molar-refractivity contribution >= 4 is 5.69 Å². The molecule has 2 N–H and O–H groups in total. The molecule has 0 bridgehead atoms. The molecule has 2 rings (SSSR count). The zero-order valence-corrected chi connectivity index (χ0v) is 12.7. The molecular weight excluding hydrogens is 257 g/mol. The van der Waals surface area contributed by atoms with Crippen molar-refractivity contribution in [3.8, 4) is 11.5 Å². The summed E-state index contributed by atoms with van der Waals surface area (Å²) in [5.74, 6) is 0.831. The van der Waals surface area contributed by atoms with Gasteiger partial charge in [-0.25, -0.2) is 4.39 Å².